The summed E-state index contributed by atoms with van der Waals surface area (Å²) < 4.78 is 0. The lowest BCUT2D eigenvalue weighted by molar-refractivity contribution is 1.33. The van der Waals surface area contributed by atoms with Gasteiger partial charge in [0.2, 0.25) is 0 Å². The summed E-state index contributed by atoms with van der Waals surface area (Å²) in [6.45, 7) is 0. The third-order valence-corrected chi connectivity index (χ3v) is 10.5. The van der Waals surface area contributed by atoms with Crippen LogP contribution in [0.5, 0.6) is 0 Å². The molecule has 2 aromatic heterocycles. The number of nitrogens with zero attached hydrogens (tertiary/aromatic N) is 3. The van der Waals surface area contributed by atoms with Gasteiger partial charge in [0.1, 0.15) is 0 Å². The molecule has 0 saturated heterocycles. The first-order valence-corrected chi connectivity index (χ1v) is 18.0. The van der Waals surface area contributed by atoms with Gasteiger partial charge in [-0.25, -0.2) is 0 Å². The number of benzene rings is 7. The summed E-state index contributed by atoms with van der Waals surface area (Å²) in [5.74, 6) is 0. The van der Waals surface area contributed by atoms with E-state index >= 15 is 0 Å². The Bertz CT molecular complexity index is 2820. The second-order valence-corrected chi connectivity index (χ2v) is 13.7. The average molecular weight is 676 g/mol. The molecule has 0 atom stereocenters. The van der Waals surface area contributed by atoms with Crippen LogP contribution in [0.2, 0.25) is 0 Å². The molecule has 0 N–H and O–H groups in total. The van der Waals surface area contributed by atoms with E-state index < -0.39 is 0 Å². The number of hydrogen-bond donors (Lipinski definition) is 0. The van der Waals surface area contributed by atoms with Crippen molar-refractivity contribution in [2.24, 2.45) is 4.99 Å². The highest BCUT2D eigenvalue weighted by Crippen LogP contribution is 2.44. The van der Waals surface area contributed by atoms with Crippen molar-refractivity contribution in [3.63, 3.8) is 0 Å². The third kappa shape index (κ3) is 5.69. The third-order valence-electron chi connectivity index (χ3n) is 10.5. The van der Waals surface area contributed by atoms with Crippen LogP contribution in [-0.4, -0.2) is 15.7 Å². The molecule has 10 rings (SSSR count). The monoisotopic (exact) mass is 675 g/mol. The van der Waals surface area contributed by atoms with Gasteiger partial charge in [0.15, 0.2) is 0 Å². The van der Waals surface area contributed by atoms with Crippen LogP contribution in [0.15, 0.2) is 194 Å². The predicted octanol–water partition coefficient (Wildman–Crippen LogP) is 12.8. The second kappa shape index (κ2) is 13.0. The summed E-state index contributed by atoms with van der Waals surface area (Å²) in [5, 5.41) is 5.04. The van der Waals surface area contributed by atoms with Crippen molar-refractivity contribution < 1.29 is 0 Å². The molecule has 3 nitrogen and oxygen atoms in total. The lowest BCUT2D eigenvalue weighted by Gasteiger charge is -2.15. The van der Waals surface area contributed by atoms with Crippen LogP contribution < -0.4 is 0 Å². The van der Waals surface area contributed by atoms with E-state index in [1.807, 2.05) is 36.9 Å². The van der Waals surface area contributed by atoms with Crippen LogP contribution >= 0.6 is 0 Å². The largest absolute Gasteiger partial charge is 0.264 e. The minimum atomic E-state index is 0.769. The molecule has 53 heavy (non-hydrogen) atoms. The maximum Gasteiger partial charge on any atom is 0.0748 e. The topological polar surface area (TPSA) is 38.1 Å². The maximum atomic E-state index is 5.38. The SMILES string of the molecule is c1cncc(-c2ccc(-c3cc(-c4cc5ccccc5c5ccccc45)cc4c3N=C(c3ccc(-c5cccc(-c6cccnc6)c5)cc3)C4)cc2)c1. The summed E-state index contributed by atoms with van der Waals surface area (Å²) in [6.07, 6.45) is 8.22. The average Bonchev–Trinajstić information content (AvgIpc) is 3.68. The minimum absolute atomic E-state index is 0.769. The Hall–Kier alpha value is -6.97. The Morgan fingerprint density at radius 2 is 0.943 bits per heavy atom. The standard InChI is InChI=1S/C50H33N3/c1-2-13-44-39(8-1)28-47(46-15-4-3-14-45(44)46)42-27-43-30-49(53-50(43)48(29-42)35-20-16-34(17-21-35)40-11-6-24-51-31-40)36-22-18-33(19-23-36)37-9-5-10-38(26-37)41-12-7-25-52-32-41/h1-29,31-32H,30H2. The summed E-state index contributed by atoms with van der Waals surface area (Å²) in [7, 11) is 0. The van der Waals surface area contributed by atoms with Crippen LogP contribution in [0.4, 0.5) is 5.69 Å². The normalized spacial score (nSPS) is 12.2. The first kappa shape index (κ1) is 30.8. The Morgan fingerprint density at radius 3 is 1.66 bits per heavy atom. The Labute approximate surface area is 308 Å². The molecular formula is C50H33N3. The van der Waals surface area contributed by atoms with Crippen LogP contribution in [0.25, 0.3) is 77.2 Å². The molecule has 248 valence electrons. The lowest BCUT2D eigenvalue weighted by Crippen LogP contribution is -2.00. The van der Waals surface area contributed by atoms with Crippen LogP contribution in [0, 0.1) is 0 Å². The molecule has 1 aliphatic heterocycles. The van der Waals surface area contributed by atoms with E-state index in [2.05, 4.69) is 162 Å². The fourth-order valence-electron chi connectivity index (χ4n) is 7.79. The fraction of sp³-hybridized carbons (Fsp3) is 0.0200. The van der Waals surface area contributed by atoms with Crippen molar-refractivity contribution in [1.82, 2.24) is 9.97 Å². The van der Waals surface area contributed by atoms with Crippen molar-refractivity contribution in [2.45, 2.75) is 6.42 Å². The van der Waals surface area contributed by atoms with Crippen molar-refractivity contribution in [3.05, 3.63) is 200 Å². The van der Waals surface area contributed by atoms with Gasteiger partial charge >= 0.3 is 0 Å². The van der Waals surface area contributed by atoms with Gasteiger partial charge in [-0.2, -0.15) is 0 Å². The Morgan fingerprint density at radius 1 is 0.358 bits per heavy atom. The first-order valence-electron chi connectivity index (χ1n) is 18.0. The molecule has 1 aliphatic rings. The maximum absolute atomic E-state index is 5.38. The number of aliphatic imine (C=N–C) groups is 1. The molecule has 0 amide bonds. The van der Waals surface area contributed by atoms with Crippen molar-refractivity contribution >= 4 is 32.9 Å². The number of pyridine rings is 2. The Balaban J connectivity index is 1.06. The summed E-state index contributed by atoms with van der Waals surface area (Å²) in [4.78, 5) is 14.0. The van der Waals surface area contributed by atoms with Gasteiger partial charge in [-0.3, -0.25) is 15.0 Å². The van der Waals surface area contributed by atoms with E-state index in [0.29, 0.717) is 0 Å². The zero-order valence-corrected chi connectivity index (χ0v) is 28.9. The molecule has 7 aromatic carbocycles. The molecule has 0 radical (unpaired) electrons. The molecule has 0 spiro atoms. The highest BCUT2D eigenvalue weighted by atomic mass is 14.8. The number of rotatable bonds is 6. The van der Waals surface area contributed by atoms with Gasteiger partial charge in [-0.15, -0.1) is 0 Å². The summed E-state index contributed by atoms with van der Waals surface area (Å²) in [5.41, 5.74) is 16.1. The smallest absolute Gasteiger partial charge is 0.0748 e. The Kier molecular flexibility index (Phi) is 7.54. The van der Waals surface area contributed by atoms with Gasteiger partial charge in [0.25, 0.3) is 0 Å². The van der Waals surface area contributed by atoms with Gasteiger partial charge < -0.3 is 0 Å². The number of fused-ring (bicyclic) bond motifs is 4. The fourth-order valence-corrected chi connectivity index (χ4v) is 7.79. The molecule has 9 aromatic rings. The van der Waals surface area contributed by atoms with Crippen molar-refractivity contribution in [1.29, 1.82) is 0 Å². The van der Waals surface area contributed by atoms with E-state index in [1.165, 1.54) is 49.4 Å². The van der Waals surface area contributed by atoms with Crippen LogP contribution in [-0.2, 0) is 6.42 Å². The lowest BCUT2D eigenvalue weighted by atomic mass is 9.89. The summed E-state index contributed by atoms with van der Waals surface area (Å²) in [6, 6.07) is 59.1. The van der Waals surface area contributed by atoms with E-state index in [4.69, 9.17) is 4.99 Å². The summed E-state index contributed by atoms with van der Waals surface area (Å²) >= 11 is 0. The molecule has 3 heteroatoms. The highest BCUT2D eigenvalue weighted by molar-refractivity contribution is 6.15. The van der Waals surface area contributed by atoms with Gasteiger partial charge in [-0.1, -0.05) is 127 Å². The zero-order chi connectivity index (χ0) is 35.1. The van der Waals surface area contributed by atoms with E-state index in [-0.39, 0.29) is 0 Å². The molecule has 0 saturated carbocycles. The van der Waals surface area contributed by atoms with E-state index in [0.717, 1.165) is 56.8 Å². The molecule has 0 bridgehead atoms. The van der Waals surface area contributed by atoms with Crippen LogP contribution in [0.1, 0.15) is 11.1 Å². The zero-order valence-electron chi connectivity index (χ0n) is 28.9. The molecule has 0 aliphatic carbocycles. The molecular weight excluding hydrogens is 643 g/mol. The highest BCUT2D eigenvalue weighted by Gasteiger charge is 2.23. The van der Waals surface area contributed by atoms with Crippen LogP contribution in [0.3, 0.4) is 0 Å². The van der Waals surface area contributed by atoms with E-state index in [1.54, 1.807) is 0 Å². The molecule has 0 unspecified atom stereocenters. The number of aromatic nitrogens is 2. The van der Waals surface area contributed by atoms with Crippen molar-refractivity contribution in [2.75, 3.05) is 0 Å². The number of hydrogen-bond acceptors (Lipinski definition) is 3. The predicted molar refractivity (Wildman–Crippen MR) is 221 cm³/mol. The minimum Gasteiger partial charge on any atom is -0.264 e. The van der Waals surface area contributed by atoms with Gasteiger partial charge in [0.05, 0.1) is 11.4 Å². The first-order chi connectivity index (χ1) is 26.2. The van der Waals surface area contributed by atoms with Gasteiger partial charge in [0, 0.05) is 42.3 Å². The molecule has 3 heterocycles. The quantitative estimate of drug-likeness (QED) is 0.165. The van der Waals surface area contributed by atoms with E-state index in [9.17, 15) is 0 Å². The second-order valence-electron chi connectivity index (χ2n) is 13.7. The van der Waals surface area contributed by atoms with Crippen molar-refractivity contribution in [3.8, 4) is 55.6 Å². The van der Waals surface area contributed by atoms with Gasteiger partial charge in [-0.05, 0) is 114 Å². The molecule has 0 fully saturated rings.